The molecule has 1 saturated heterocycles. The van der Waals surface area contributed by atoms with E-state index in [0.29, 0.717) is 19.8 Å². The zero-order valence-electron chi connectivity index (χ0n) is 7.61. The molecule has 0 radical (unpaired) electrons. The molecule has 1 fully saturated rings. The first-order valence-electron chi connectivity index (χ1n) is 4.07. The van der Waals surface area contributed by atoms with Gasteiger partial charge in [0, 0.05) is 0 Å². The van der Waals surface area contributed by atoms with Crippen LogP contribution in [0.1, 0.15) is 20.8 Å². The molecular formula is C6H15O5P. The van der Waals surface area contributed by atoms with Crippen molar-refractivity contribution in [3.63, 3.8) is 0 Å². The molecule has 0 spiro atoms. The Morgan fingerprint density at radius 2 is 1.17 bits per heavy atom. The molecule has 0 saturated carbocycles. The molecule has 0 aromatic rings. The standard InChI is InChI=1S/C6H15O5P/c1-4-7-12(8-5-2,9-6-3)10-11-12/h4-6H2,1-3H3. The monoisotopic (exact) mass is 198 g/mol. The normalized spacial score (nSPS) is 27.4. The Kier molecular flexibility index (Phi) is 3.04. The summed E-state index contributed by atoms with van der Waals surface area (Å²) in [6, 6.07) is 0. The Labute approximate surface area is 72.2 Å². The van der Waals surface area contributed by atoms with Crippen LogP contribution in [0, 0.1) is 0 Å². The summed E-state index contributed by atoms with van der Waals surface area (Å²) in [4.78, 5) is 0. The molecule has 5 nitrogen and oxygen atoms in total. The van der Waals surface area contributed by atoms with E-state index in [-0.39, 0.29) is 0 Å². The first-order chi connectivity index (χ1) is 5.70. The van der Waals surface area contributed by atoms with E-state index in [9.17, 15) is 0 Å². The molecule has 0 unspecified atom stereocenters. The topological polar surface area (TPSA) is 52.8 Å². The second kappa shape index (κ2) is 3.54. The Bertz CT molecular complexity index is 134. The first kappa shape index (κ1) is 10.3. The summed E-state index contributed by atoms with van der Waals surface area (Å²) in [5.74, 6) is 0. The fraction of sp³-hybridized carbons (Fsp3) is 1.00. The van der Waals surface area contributed by atoms with Gasteiger partial charge in [0.2, 0.25) is 0 Å². The summed E-state index contributed by atoms with van der Waals surface area (Å²) in [5.41, 5.74) is 0. The molecule has 0 amide bonds. The van der Waals surface area contributed by atoms with Gasteiger partial charge in [-0.3, -0.25) is 0 Å². The number of hydrogen-bond acceptors (Lipinski definition) is 5. The molecule has 12 heavy (non-hydrogen) atoms. The average molecular weight is 198 g/mol. The van der Waals surface area contributed by atoms with Crippen LogP contribution in [-0.2, 0) is 22.9 Å². The van der Waals surface area contributed by atoms with Crippen molar-refractivity contribution in [2.75, 3.05) is 19.8 Å². The van der Waals surface area contributed by atoms with Crippen molar-refractivity contribution >= 4 is 7.74 Å². The molecule has 1 heterocycles. The minimum atomic E-state index is -3.46. The van der Waals surface area contributed by atoms with Crippen molar-refractivity contribution in [2.24, 2.45) is 0 Å². The van der Waals surface area contributed by atoms with Crippen molar-refractivity contribution < 1.29 is 22.9 Å². The summed E-state index contributed by atoms with van der Waals surface area (Å²) in [7, 11) is -3.46. The van der Waals surface area contributed by atoms with Crippen molar-refractivity contribution in [1.82, 2.24) is 0 Å². The molecule has 1 rings (SSSR count). The van der Waals surface area contributed by atoms with Crippen LogP contribution in [0.4, 0.5) is 0 Å². The molecule has 0 aliphatic carbocycles. The zero-order valence-corrected chi connectivity index (χ0v) is 8.50. The van der Waals surface area contributed by atoms with Gasteiger partial charge in [-0.2, -0.15) is 0 Å². The van der Waals surface area contributed by atoms with Gasteiger partial charge in [-0.15, -0.1) is 0 Å². The number of hydrogen-bond donors (Lipinski definition) is 0. The summed E-state index contributed by atoms with van der Waals surface area (Å²) < 4.78 is 25.3. The Hall–Kier alpha value is 0.230. The maximum atomic E-state index is 5.25. The van der Waals surface area contributed by atoms with Crippen LogP contribution in [0.2, 0.25) is 0 Å². The van der Waals surface area contributed by atoms with E-state index in [1.807, 2.05) is 20.8 Å². The first-order valence-corrected chi connectivity index (χ1v) is 5.89. The van der Waals surface area contributed by atoms with E-state index < -0.39 is 7.74 Å². The molecule has 6 heteroatoms. The van der Waals surface area contributed by atoms with Crippen LogP contribution >= 0.6 is 7.74 Å². The van der Waals surface area contributed by atoms with Gasteiger partial charge in [0.15, 0.2) is 0 Å². The molecule has 0 bridgehead atoms. The molecule has 0 aromatic carbocycles. The minimum absolute atomic E-state index is 0.442. The average Bonchev–Trinajstić information content (AvgIpc) is 2.68. The summed E-state index contributed by atoms with van der Waals surface area (Å²) in [6.45, 7) is 6.82. The van der Waals surface area contributed by atoms with Crippen molar-refractivity contribution in [3.8, 4) is 0 Å². The number of rotatable bonds is 6. The van der Waals surface area contributed by atoms with E-state index >= 15 is 0 Å². The third-order valence-electron chi connectivity index (χ3n) is 1.28. The van der Waals surface area contributed by atoms with Crippen LogP contribution < -0.4 is 0 Å². The molecule has 0 N–H and O–H groups in total. The van der Waals surface area contributed by atoms with Crippen LogP contribution in [0.15, 0.2) is 0 Å². The van der Waals surface area contributed by atoms with E-state index in [4.69, 9.17) is 22.9 Å². The second-order valence-corrected chi connectivity index (χ2v) is 4.71. The second-order valence-electron chi connectivity index (χ2n) is 2.15. The van der Waals surface area contributed by atoms with Crippen molar-refractivity contribution in [3.05, 3.63) is 0 Å². The third-order valence-corrected chi connectivity index (χ3v) is 3.83. The predicted molar refractivity (Wildman–Crippen MR) is 44.0 cm³/mol. The van der Waals surface area contributed by atoms with Gasteiger partial charge in [-0.25, -0.2) is 0 Å². The van der Waals surface area contributed by atoms with Gasteiger partial charge >= 0.3 is 71.3 Å². The Morgan fingerprint density at radius 3 is 1.33 bits per heavy atom. The third kappa shape index (κ3) is 1.76. The van der Waals surface area contributed by atoms with Gasteiger partial charge in [-0.05, 0) is 0 Å². The van der Waals surface area contributed by atoms with Gasteiger partial charge in [0.25, 0.3) is 0 Å². The SMILES string of the molecule is CCOP1(OCC)(OCC)OO1. The van der Waals surface area contributed by atoms with Gasteiger partial charge < -0.3 is 0 Å². The van der Waals surface area contributed by atoms with E-state index in [0.717, 1.165) is 0 Å². The fourth-order valence-corrected chi connectivity index (χ4v) is 2.99. The van der Waals surface area contributed by atoms with Crippen LogP contribution in [-0.4, -0.2) is 19.8 Å². The molecule has 74 valence electrons. The van der Waals surface area contributed by atoms with E-state index in [2.05, 4.69) is 0 Å². The summed E-state index contributed by atoms with van der Waals surface area (Å²) in [6.07, 6.45) is 0. The zero-order chi connectivity index (χ0) is 9.10. The van der Waals surface area contributed by atoms with Crippen LogP contribution in [0.3, 0.4) is 0 Å². The van der Waals surface area contributed by atoms with Gasteiger partial charge in [-0.1, -0.05) is 0 Å². The molecule has 0 aromatic heterocycles. The summed E-state index contributed by atoms with van der Waals surface area (Å²) >= 11 is 0. The molecular weight excluding hydrogens is 183 g/mol. The van der Waals surface area contributed by atoms with Crippen molar-refractivity contribution in [2.45, 2.75) is 20.8 Å². The summed E-state index contributed by atoms with van der Waals surface area (Å²) in [5, 5.41) is 0. The Balaban J connectivity index is 2.57. The Morgan fingerprint density at radius 1 is 0.833 bits per heavy atom. The molecule has 1 aliphatic rings. The van der Waals surface area contributed by atoms with Gasteiger partial charge in [0.1, 0.15) is 0 Å². The van der Waals surface area contributed by atoms with Crippen molar-refractivity contribution in [1.29, 1.82) is 0 Å². The predicted octanol–water partition coefficient (Wildman–Crippen LogP) is 2.19. The van der Waals surface area contributed by atoms with Gasteiger partial charge in [0.05, 0.1) is 0 Å². The van der Waals surface area contributed by atoms with Crippen LogP contribution in [0.5, 0.6) is 0 Å². The fourth-order valence-electron chi connectivity index (χ4n) is 0.914. The van der Waals surface area contributed by atoms with Crippen LogP contribution in [0.25, 0.3) is 0 Å². The van der Waals surface area contributed by atoms with E-state index in [1.54, 1.807) is 0 Å². The molecule has 0 atom stereocenters. The maximum absolute atomic E-state index is 5.25. The quantitative estimate of drug-likeness (QED) is 0.372. The van der Waals surface area contributed by atoms with E-state index in [1.165, 1.54) is 0 Å². The molecule has 1 aliphatic heterocycles.